The molecule has 0 aromatic heterocycles. The van der Waals surface area contributed by atoms with Crippen LogP contribution in [0.4, 0.5) is 0 Å². The molecular formula is C19H29N3O4. The summed E-state index contributed by atoms with van der Waals surface area (Å²) in [5.41, 5.74) is 6.30. The number of nitrogens with two attached hydrogens (primary N) is 1. The lowest BCUT2D eigenvalue weighted by atomic mass is 10.1. The van der Waals surface area contributed by atoms with E-state index in [1.54, 1.807) is 7.05 Å². The van der Waals surface area contributed by atoms with Gasteiger partial charge in [0.2, 0.25) is 18.2 Å². The number of nitrogens with one attached hydrogen (secondary N) is 2. The van der Waals surface area contributed by atoms with Crippen molar-refractivity contribution in [2.45, 2.75) is 51.0 Å². The number of primary amides is 1. The average Bonchev–Trinajstić information content (AvgIpc) is 2.63. The van der Waals surface area contributed by atoms with Gasteiger partial charge in [-0.3, -0.25) is 14.4 Å². The molecule has 1 aromatic rings. The van der Waals surface area contributed by atoms with Crippen LogP contribution in [-0.4, -0.2) is 37.9 Å². The fourth-order valence-electron chi connectivity index (χ4n) is 2.53. The Morgan fingerprint density at radius 2 is 2.04 bits per heavy atom. The van der Waals surface area contributed by atoms with Crippen molar-refractivity contribution < 1.29 is 19.1 Å². The van der Waals surface area contributed by atoms with Gasteiger partial charge in [-0.05, 0) is 43.4 Å². The monoisotopic (exact) mass is 363 g/mol. The van der Waals surface area contributed by atoms with Crippen molar-refractivity contribution in [1.82, 2.24) is 10.6 Å². The zero-order valence-electron chi connectivity index (χ0n) is 15.3. The Balaban J connectivity index is 2.38. The minimum atomic E-state index is -0.402. The minimum Gasteiger partial charge on any atom is -0.491 e. The van der Waals surface area contributed by atoms with E-state index < -0.39 is 5.91 Å². The van der Waals surface area contributed by atoms with Gasteiger partial charge in [-0.25, -0.2) is 0 Å². The van der Waals surface area contributed by atoms with Gasteiger partial charge in [0.1, 0.15) is 12.4 Å². The van der Waals surface area contributed by atoms with Crippen molar-refractivity contribution in [1.29, 1.82) is 0 Å². The van der Waals surface area contributed by atoms with E-state index in [1.165, 1.54) is 5.56 Å². The summed E-state index contributed by atoms with van der Waals surface area (Å²) in [4.78, 5) is 32.7. The third-order valence-corrected chi connectivity index (χ3v) is 4.04. The minimum absolute atomic E-state index is 0.0789. The van der Waals surface area contributed by atoms with Gasteiger partial charge in [0.15, 0.2) is 0 Å². The van der Waals surface area contributed by atoms with Crippen LogP contribution in [-0.2, 0) is 20.8 Å². The molecule has 0 saturated heterocycles. The summed E-state index contributed by atoms with van der Waals surface area (Å²) in [7, 11) is 1.65. The predicted molar refractivity (Wildman–Crippen MR) is 99.6 cm³/mol. The van der Waals surface area contributed by atoms with Gasteiger partial charge in [-0.2, -0.15) is 0 Å². The first-order valence-corrected chi connectivity index (χ1v) is 8.95. The van der Waals surface area contributed by atoms with Gasteiger partial charge >= 0.3 is 0 Å². The van der Waals surface area contributed by atoms with Gasteiger partial charge in [0, 0.05) is 19.9 Å². The molecule has 0 aliphatic heterocycles. The van der Waals surface area contributed by atoms with Crippen LogP contribution in [0.1, 0.15) is 44.1 Å². The maximum Gasteiger partial charge on any atom is 0.219 e. The lowest BCUT2D eigenvalue weighted by Gasteiger charge is -2.16. The molecule has 1 rings (SSSR count). The first-order valence-electron chi connectivity index (χ1n) is 8.95. The molecule has 0 aliphatic rings. The second kappa shape index (κ2) is 12.7. The Hall–Kier alpha value is -2.57. The van der Waals surface area contributed by atoms with Crippen molar-refractivity contribution >= 4 is 18.2 Å². The molecule has 0 unspecified atom stereocenters. The van der Waals surface area contributed by atoms with Gasteiger partial charge in [0.05, 0.1) is 6.04 Å². The van der Waals surface area contributed by atoms with E-state index in [0.29, 0.717) is 19.3 Å². The Morgan fingerprint density at radius 3 is 2.73 bits per heavy atom. The molecule has 4 N–H and O–H groups in total. The molecule has 144 valence electrons. The van der Waals surface area contributed by atoms with Crippen LogP contribution < -0.4 is 21.1 Å². The molecule has 0 radical (unpaired) electrons. The Morgan fingerprint density at radius 1 is 1.23 bits per heavy atom. The van der Waals surface area contributed by atoms with E-state index in [4.69, 9.17) is 10.5 Å². The highest BCUT2D eigenvalue weighted by Gasteiger charge is 2.10. The number of unbranched alkanes of at least 4 members (excludes halogenated alkanes) is 2. The molecule has 3 amide bonds. The van der Waals surface area contributed by atoms with Crippen molar-refractivity contribution in [3.8, 4) is 5.75 Å². The van der Waals surface area contributed by atoms with Gasteiger partial charge in [-0.15, -0.1) is 0 Å². The highest BCUT2D eigenvalue weighted by Crippen LogP contribution is 2.16. The quantitative estimate of drug-likeness (QED) is 0.342. The number of hydrogen-bond donors (Lipinski definition) is 3. The van der Waals surface area contributed by atoms with E-state index in [2.05, 4.69) is 10.6 Å². The molecule has 0 bridgehead atoms. The average molecular weight is 363 g/mol. The summed E-state index contributed by atoms with van der Waals surface area (Å²) in [6.45, 7) is 0.279. The van der Waals surface area contributed by atoms with Crippen molar-refractivity contribution in [3.05, 3.63) is 29.8 Å². The normalized spacial score (nSPS) is 11.4. The third kappa shape index (κ3) is 9.66. The van der Waals surface area contributed by atoms with E-state index in [9.17, 15) is 14.4 Å². The van der Waals surface area contributed by atoms with Crippen LogP contribution in [0.3, 0.4) is 0 Å². The summed E-state index contributed by atoms with van der Waals surface area (Å²) < 4.78 is 5.74. The fourth-order valence-corrected chi connectivity index (χ4v) is 2.53. The number of benzene rings is 1. The molecule has 0 heterocycles. The third-order valence-electron chi connectivity index (χ3n) is 4.04. The molecule has 1 atom stereocenters. The summed E-state index contributed by atoms with van der Waals surface area (Å²) in [6.07, 6.45) is 5.62. The zero-order chi connectivity index (χ0) is 19.2. The van der Waals surface area contributed by atoms with E-state index in [-0.39, 0.29) is 25.0 Å². The van der Waals surface area contributed by atoms with Crippen LogP contribution in [0.5, 0.6) is 5.75 Å². The van der Waals surface area contributed by atoms with Gasteiger partial charge in [0.25, 0.3) is 0 Å². The number of amides is 3. The molecule has 0 spiro atoms. The van der Waals surface area contributed by atoms with Gasteiger partial charge < -0.3 is 21.1 Å². The number of carbonyl (C=O) groups excluding carboxylic acids is 3. The SMILES string of the molecule is CNC(=O)CCCCCc1cccc(OC[C@H](CCC(N)=O)NC=O)c1. The van der Waals surface area contributed by atoms with Crippen LogP contribution in [0.25, 0.3) is 0 Å². The molecule has 0 fully saturated rings. The second-order valence-electron chi connectivity index (χ2n) is 6.18. The van der Waals surface area contributed by atoms with Crippen LogP contribution >= 0.6 is 0 Å². The smallest absolute Gasteiger partial charge is 0.219 e. The Bertz CT molecular complexity index is 578. The standard InChI is InChI=1S/C19H29N3O4/c1-21-19(25)9-4-2-3-6-15-7-5-8-17(12-15)26-13-16(22-14-23)10-11-18(20)24/h5,7-8,12,14,16H,2-4,6,9-11,13H2,1H3,(H2,20,24)(H,21,25)(H,22,23)/t16-/m0/s1. The molecule has 0 saturated carbocycles. The lowest BCUT2D eigenvalue weighted by Crippen LogP contribution is -2.34. The number of aryl methyl sites for hydroxylation is 1. The molecule has 7 heteroatoms. The lowest BCUT2D eigenvalue weighted by molar-refractivity contribution is -0.120. The largest absolute Gasteiger partial charge is 0.491 e. The molecule has 0 aliphatic carbocycles. The maximum atomic E-state index is 11.2. The Labute approximate surface area is 154 Å². The first kappa shape index (κ1) is 21.5. The maximum absolute atomic E-state index is 11.2. The van der Waals surface area contributed by atoms with E-state index in [0.717, 1.165) is 31.4 Å². The number of hydrogen-bond acceptors (Lipinski definition) is 4. The van der Waals surface area contributed by atoms with E-state index in [1.807, 2.05) is 24.3 Å². The van der Waals surface area contributed by atoms with Crippen molar-refractivity contribution in [2.24, 2.45) is 5.73 Å². The zero-order valence-corrected chi connectivity index (χ0v) is 15.3. The van der Waals surface area contributed by atoms with Crippen LogP contribution in [0, 0.1) is 0 Å². The number of ether oxygens (including phenoxy) is 1. The van der Waals surface area contributed by atoms with Crippen molar-refractivity contribution in [3.63, 3.8) is 0 Å². The van der Waals surface area contributed by atoms with E-state index >= 15 is 0 Å². The number of rotatable bonds is 14. The van der Waals surface area contributed by atoms with Gasteiger partial charge in [-0.1, -0.05) is 18.6 Å². The summed E-state index contributed by atoms with van der Waals surface area (Å²) in [6, 6.07) is 7.56. The summed E-state index contributed by atoms with van der Waals surface area (Å²) in [5, 5.41) is 5.26. The predicted octanol–water partition coefficient (Wildman–Crippen LogP) is 1.29. The highest BCUT2D eigenvalue weighted by atomic mass is 16.5. The number of carbonyl (C=O) groups is 3. The molecular weight excluding hydrogens is 334 g/mol. The first-order chi connectivity index (χ1) is 12.5. The second-order valence-corrected chi connectivity index (χ2v) is 6.18. The van der Waals surface area contributed by atoms with Crippen LogP contribution in [0.15, 0.2) is 24.3 Å². The van der Waals surface area contributed by atoms with Crippen molar-refractivity contribution in [2.75, 3.05) is 13.7 Å². The molecule has 1 aromatic carbocycles. The summed E-state index contributed by atoms with van der Waals surface area (Å²) in [5.74, 6) is 0.404. The fraction of sp³-hybridized carbons (Fsp3) is 0.526. The summed E-state index contributed by atoms with van der Waals surface area (Å²) >= 11 is 0. The van der Waals surface area contributed by atoms with Crippen LogP contribution in [0.2, 0.25) is 0 Å². The molecule has 26 heavy (non-hydrogen) atoms. The molecule has 7 nitrogen and oxygen atoms in total. The highest BCUT2D eigenvalue weighted by molar-refractivity contribution is 5.75. The Kier molecular flexibility index (Phi) is 10.5. The topological polar surface area (TPSA) is 111 Å².